The lowest BCUT2D eigenvalue weighted by molar-refractivity contribution is 0.102. The summed E-state index contributed by atoms with van der Waals surface area (Å²) in [4.78, 5) is 15.5. The van der Waals surface area contributed by atoms with E-state index in [2.05, 4.69) is 64.8 Å². The molecule has 0 bridgehead atoms. The van der Waals surface area contributed by atoms with Crippen LogP contribution >= 0.6 is 0 Å². The van der Waals surface area contributed by atoms with E-state index in [1.807, 2.05) is 65.5 Å². The number of rotatable bonds is 6. The summed E-state index contributed by atoms with van der Waals surface area (Å²) in [6.45, 7) is 7.40. The Morgan fingerprint density at radius 2 is 1.64 bits per heavy atom. The van der Waals surface area contributed by atoms with Crippen molar-refractivity contribution in [2.24, 2.45) is 0 Å². The first kappa shape index (κ1) is 24.7. The van der Waals surface area contributed by atoms with E-state index in [9.17, 15) is 4.79 Å². The third-order valence-corrected chi connectivity index (χ3v) is 7.03. The standard InChI is InChI=1S/C32H31N5O2/c1-22-5-3-7-26(17-22)34-28-10-12-31-25(19-28)21-33-37(31)29-8-4-6-24(20-29)32(38)35-27-9-11-30(23(2)18-27)36-13-15-39-16-14-36/h3-12,17-21,34H,13-16H2,1-2H3,(H,35,38). The second-order valence-electron chi connectivity index (χ2n) is 9.93. The molecule has 5 aromatic rings. The van der Waals surface area contributed by atoms with Crippen molar-refractivity contribution in [2.75, 3.05) is 41.8 Å². The number of carbonyl (C=O) groups excluding carboxylic acids is 1. The third-order valence-electron chi connectivity index (χ3n) is 7.03. The van der Waals surface area contributed by atoms with Crippen LogP contribution in [-0.2, 0) is 4.74 Å². The molecule has 0 saturated carbocycles. The summed E-state index contributed by atoms with van der Waals surface area (Å²) in [5, 5.41) is 12.1. The quantitative estimate of drug-likeness (QED) is 0.270. The number of aryl methyl sites for hydroxylation is 2. The fraction of sp³-hybridized carbons (Fsp3) is 0.188. The van der Waals surface area contributed by atoms with Crippen LogP contribution in [-0.4, -0.2) is 42.0 Å². The van der Waals surface area contributed by atoms with E-state index in [4.69, 9.17) is 4.74 Å². The molecule has 7 heteroatoms. The number of anilines is 4. The molecule has 6 rings (SSSR count). The van der Waals surface area contributed by atoms with Gasteiger partial charge in [0.1, 0.15) is 0 Å². The minimum Gasteiger partial charge on any atom is -0.378 e. The van der Waals surface area contributed by atoms with Gasteiger partial charge in [-0.05, 0) is 91.7 Å². The summed E-state index contributed by atoms with van der Waals surface area (Å²) in [6, 6.07) is 28.1. The van der Waals surface area contributed by atoms with E-state index in [-0.39, 0.29) is 5.91 Å². The minimum atomic E-state index is -0.156. The summed E-state index contributed by atoms with van der Waals surface area (Å²) in [7, 11) is 0. The third kappa shape index (κ3) is 5.35. The van der Waals surface area contributed by atoms with Gasteiger partial charge in [-0.15, -0.1) is 0 Å². The van der Waals surface area contributed by atoms with Crippen LogP contribution in [0.4, 0.5) is 22.7 Å². The van der Waals surface area contributed by atoms with Crippen LogP contribution < -0.4 is 15.5 Å². The Hall–Kier alpha value is -4.62. The summed E-state index contributed by atoms with van der Waals surface area (Å²) < 4.78 is 7.33. The Kier molecular flexibility index (Phi) is 6.73. The van der Waals surface area contributed by atoms with Gasteiger partial charge in [-0.2, -0.15) is 5.10 Å². The topological polar surface area (TPSA) is 71.4 Å². The highest BCUT2D eigenvalue weighted by Crippen LogP contribution is 2.27. The van der Waals surface area contributed by atoms with E-state index in [0.717, 1.165) is 65.5 Å². The van der Waals surface area contributed by atoms with Crippen LogP contribution in [0.1, 0.15) is 21.5 Å². The molecule has 2 N–H and O–H groups in total. The number of benzene rings is 4. The molecule has 39 heavy (non-hydrogen) atoms. The van der Waals surface area contributed by atoms with Crippen molar-refractivity contribution < 1.29 is 9.53 Å². The summed E-state index contributed by atoms with van der Waals surface area (Å²) in [6.07, 6.45) is 1.85. The minimum absolute atomic E-state index is 0.156. The molecule has 0 aliphatic carbocycles. The van der Waals surface area contributed by atoms with Crippen LogP contribution in [0, 0.1) is 13.8 Å². The van der Waals surface area contributed by atoms with Gasteiger partial charge >= 0.3 is 0 Å². The normalized spacial score (nSPS) is 13.4. The van der Waals surface area contributed by atoms with E-state index in [1.54, 1.807) is 0 Å². The molecule has 7 nitrogen and oxygen atoms in total. The number of aromatic nitrogens is 2. The molecule has 0 radical (unpaired) electrons. The number of carbonyl (C=O) groups is 1. The van der Waals surface area contributed by atoms with E-state index < -0.39 is 0 Å². The lowest BCUT2D eigenvalue weighted by atomic mass is 10.1. The van der Waals surface area contributed by atoms with Crippen LogP contribution in [0.15, 0.2) is 91.1 Å². The maximum absolute atomic E-state index is 13.2. The van der Waals surface area contributed by atoms with Gasteiger partial charge in [0.2, 0.25) is 0 Å². The molecule has 2 heterocycles. The van der Waals surface area contributed by atoms with Gasteiger partial charge in [0.05, 0.1) is 30.6 Å². The summed E-state index contributed by atoms with van der Waals surface area (Å²) >= 11 is 0. The number of hydrogen-bond donors (Lipinski definition) is 2. The molecule has 1 saturated heterocycles. The van der Waals surface area contributed by atoms with Gasteiger partial charge in [0, 0.05) is 46.8 Å². The zero-order valence-corrected chi connectivity index (χ0v) is 22.1. The molecular formula is C32H31N5O2. The smallest absolute Gasteiger partial charge is 0.255 e. The van der Waals surface area contributed by atoms with Gasteiger partial charge in [-0.1, -0.05) is 18.2 Å². The van der Waals surface area contributed by atoms with Crippen molar-refractivity contribution in [3.8, 4) is 5.69 Å². The average molecular weight is 518 g/mol. The molecule has 0 unspecified atom stereocenters. The first-order valence-corrected chi connectivity index (χ1v) is 13.2. The van der Waals surface area contributed by atoms with Crippen molar-refractivity contribution in [3.05, 3.63) is 108 Å². The van der Waals surface area contributed by atoms with Crippen LogP contribution in [0.25, 0.3) is 16.6 Å². The number of nitrogens with one attached hydrogen (secondary N) is 2. The summed E-state index contributed by atoms with van der Waals surface area (Å²) in [5.41, 5.74) is 8.71. The van der Waals surface area contributed by atoms with E-state index >= 15 is 0 Å². The van der Waals surface area contributed by atoms with Gasteiger partial charge in [0.25, 0.3) is 5.91 Å². The monoisotopic (exact) mass is 517 g/mol. The molecule has 1 fully saturated rings. The molecule has 1 amide bonds. The van der Waals surface area contributed by atoms with Crippen molar-refractivity contribution in [1.82, 2.24) is 9.78 Å². The van der Waals surface area contributed by atoms with Crippen molar-refractivity contribution in [1.29, 1.82) is 0 Å². The first-order valence-electron chi connectivity index (χ1n) is 13.2. The second kappa shape index (κ2) is 10.6. The number of nitrogens with zero attached hydrogens (tertiary/aromatic N) is 3. The van der Waals surface area contributed by atoms with Gasteiger partial charge < -0.3 is 20.3 Å². The SMILES string of the molecule is Cc1cccc(Nc2ccc3c(cnn3-c3cccc(C(=O)Nc4ccc(N5CCOCC5)c(C)c4)c3)c2)c1. The Labute approximate surface area is 228 Å². The maximum atomic E-state index is 13.2. The van der Waals surface area contributed by atoms with Gasteiger partial charge in [-0.3, -0.25) is 4.79 Å². The van der Waals surface area contributed by atoms with E-state index in [1.165, 1.54) is 11.3 Å². The number of hydrogen-bond acceptors (Lipinski definition) is 5. The molecule has 196 valence electrons. The van der Waals surface area contributed by atoms with Crippen LogP contribution in [0.2, 0.25) is 0 Å². The van der Waals surface area contributed by atoms with Crippen molar-refractivity contribution in [2.45, 2.75) is 13.8 Å². The highest BCUT2D eigenvalue weighted by molar-refractivity contribution is 6.04. The number of fused-ring (bicyclic) bond motifs is 1. The highest BCUT2D eigenvalue weighted by Gasteiger charge is 2.15. The molecule has 0 atom stereocenters. The Morgan fingerprint density at radius 1 is 0.846 bits per heavy atom. The predicted octanol–water partition coefficient (Wildman–Crippen LogP) is 6.47. The fourth-order valence-corrected chi connectivity index (χ4v) is 5.08. The zero-order valence-electron chi connectivity index (χ0n) is 22.1. The lowest BCUT2D eigenvalue weighted by Gasteiger charge is -2.30. The van der Waals surface area contributed by atoms with Crippen LogP contribution in [0.3, 0.4) is 0 Å². The number of morpholine rings is 1. The molecule has 4 aromatic carbocycles. The van der Waals surface area contributed by atoms with Gasteiger partial charge in [-0.25, -0.2) is 4.68 Å². The Morgan fingerprint density at radius 3 is 2.46 bits per heavy atom. The average Bonchev–Trinajstić information content (AvgIpc) is 3.37. The second-order valence-corrected chi connectivity index (χ2v) is 9.93. The summed E-state index contributed by atoms with van der Waals surface area (Å²) in [5.74, 6) is -0.156. The molecular weight excluding hydrogens is 486 g/mol. The van der Waals surface area contributed by atoms with Crippen molar-refractivity contribution >= 4 is 39.6 Å². The molecule has 0 spiro atoms. The van der Waals surface area contributed by atoms with Crippen molar-refractivity contribution in [3.63, 3.8) is 0 Å². The molecule has 1 aliphatic heterocycles. The molecule has 1 aromatic heterocycles. The van der Waals surface area contributed by atoms with Crippen LogP contribution in [0.5, 0.6) is 0 Å². The van der Waals surface area contributed by atoms with Gasteiger partial charge in [0.15, 0.2) is 0 Å². The predicted molar refractivity (Wildman–Crippen MR) is 158 cm³/mol. The Bertz CT molecular complexity index is 1650. The Balaban J connectivity index is 1.19. The maximum Gasteiger partial charge on any atom is 0.255 e. The lowest BCUT2D eigenvalue weighted by Crippen LogP contribution is -2.36. The first-order chi connectivity index (χ1) is 19.0. The number of ether oxygens (including phenoxy) is 1. The molecule has 1 aliphatic rings. The zero-order chi connectivity index (χ0) is 26.8. The van der Waals surface area contributed by atoms with E-state index in [0.29, 0.717) is 5.56 Å². The number of amides is 1. The highest BCUT2D eigenvalue weighted by atomic mass is 16.5. The fourth-order valence-electron chi connectivity index (χ4n) is 5.08. The largest absolute Gasteiger partial charge is 0.378 e.